The number of nitrogens with zero attached hydrogens (tertiary/aromatic N) is 1. The maximum Gasteiger partial charge on any atom is 0.345 e. The van der Waals surface area contributed by atoms with Gasteiger partial charge in [0.1, 0.15) is 10.4 Å². The van der Waals surface area contributed by atoms with E-state index < -0.39 is 17.5 Å². The van der Waals surface area contributed by atoms with Gasteiger partial charge in [-0.3, -0.25) is 14.9 Å². The summed E-state index contributed by atoms with van der Waals surface area (Å²) in [5, 5.41) is 13.9. The number of aromatic carboxylic acids is 1. The number of urea groups is 1. The van der Waals surface area contributed by atoms with Crippen LogP contribution in [0.3, 0.4) is 0 Å². The molecule has 3 heterocycles. The van der Waals surface area contributed by atoms with Gasteiger partial charge in [-0.2, -0.15) is 0 Å². The van der Waals surface area contributed by atoms with E-state index in [1.165, 1.54) is 12.1 Å². The second-order valence-corrected chi connectivity index (χ2v) is 7.23. The van der Waals surface area contributed by atoms with E-state index in [-0.39, 0.29) is 22.6 Å². The third kappa shape index (κ3) is 2.75. The standard InChI is InChI=1S/C15H17N3O5S/c1-15(13(22)16-14(23)17-15)8-4-6-18(7-5-8)11(19)9-2-3-10(24-9)12(20)21/h2-3,8H,4-7H2,1H3,(H,20,21)(H2,16,17,22,23)/t15-/m0/s1. The lowest BCUT2D eigenvalue weighted by Crippen LogP contribution is -2.54. The predicted molar refractivity (Wildman–Crippen MR) is 85.0 cm³/mol. The van der Waals surface area contributed by atoms with Gasteiger partial charge in [0.2, 0.25) is 0 Å². The first-order valence-electron chi connectivity index (χ1n) is 7.57. The second kappa shape index (κ2) is 5.90. The van der Waals surface area contributed by atoms with Gasteiger partial charge < -0.3 is 15.3 Å². The maximum atomic E-state index is 12.5. The summed E-state index contributed by atoms with van der Waals surface area (Å²) < 4.78 is 0. The van der Waals surface area contributed by atoms with Crippen molar-refractivity contribution in [2.24, 2.45) is 5.92 Å². The fourth-order valence-electron chi connectivity index (χ4n) is 3.23. The Balaban J connectivity index is 1.64. The summed E-state index contributed by atoms with van der Waals surface area (Å²) in [6, 6.07) is 2.46. The molecule has 1 aromatic rings. The molecule has 128 valence electrons. The Kier molecular flexibility index (Phi) is 4.04. The molecule has 0 aromatic carbocycles. The fraction of sp³-hybridized carbons (Fsp3) is 0.467. The van der Waals surface area contributed by atoms with E-state index in [0.29, 0.717) is 30.8 Å². The van der Waals surface area contributed by atoms with Crippen molar-refractivity contribution in [3.8, 4) is 0 Å². The zero-order valence-electron chi connectivity index (χ0n) is 13.0. The molecule has 2 fully saturated rings. The lowest BCUT2D eigenvalue weighted by atomic mass is 9.79. The third-order valence-electron chi connectivity index (χ3n) is 4.70. The van der Waals surface area contributed by atoms with Crippen LogP contribution in [0.5, 0.6) is 0 Å². The van der Waals surface area contributed by atoms with E-state index in [2.05, 4.69) is 10.6 Å². The van der Waals surface area contributed by atoms with Gasteiger partial charge in [0.15, 0.2) is 0 Å². The Morgan fingerprint density at radius 2 is 1.88 bits per heavy atom. The quantitative estimate of drug-likeness (QED) is 0.700. The highest BCUT2D eigenvalue weighted by molar-refractivity contribution is 7.15. The minimum Gasteiger partial charge on any atom is -0.477 e. The van der Waals surface area contributed by atoms with Crippen molar-refractivity contribution in [1.82, 2.24) is 15.5 Å². The van der Waals surface area contributed by atoms with Crippen molar-refractivity contribution in [1.29, 1.82) is 0 Å². The van der Waals surface area contributed by atoms with Crippen molar-refractivity contribution in [2.45, 2.75) is 25.3 Å². The average Bonchev–Trinajstić information content (AvgIpc) is 3.13. The van der Waals surface area contributed by atoms with E-state index in [1.54, 1.807) is 11.8 Å². The first kappa shape index (κ1) is 16.4. The largest absolute Gasteiger partial charge is 0.477 e. The van der Waals surface area contributed by atoms with E-state index in [0.717, 1.165) is 11.3 Å². The summed E-state index contributed by atoms with van der Waals surface area (Å²) in [4.78, 5) is 48.9. The SMILES string of the molecule is C[C@@]1(C2CCN(C(=O)c3ccc(C(=O)O)s3)CC2)NC(=O)NC1=O. The minimum atomic E-state index is -1.05. The maximum absolute atomic E-state index is 12.5. The number of rotatable bonds is 3. The summed E-state index contributed by atoms with van der Waals surface area (Å²) in [5.41, 5.74) is -0.939. The molecule has 9 heteroatoms. The van der Waals surface area contributed by atoms with Gasteiger partial charge in [-0.05, 0) is 37.8 Å². The highest BCUT2D eigenvalue weighted by Crippen LogP contribution is 2.31. The molecule has 0 aliphatic carbocycles. The summed E-state index contributed by atoms with van der Waals surface area (Å²) in [5.74, 6) is -1.63. The van der Waals surface area contributed by atoms with Crippen LogP contribution < -0.4 is 10.6 Å². The lowest BCUT2D eigenvalue weighted by Gasteiger charge is -2.38. The number of likely N-dealkylation sites (tertiary alicyclic amines) is 1. The number of carbonyl (C=O) groups is 4. The highest BCUT2D eigenvalue weighted by atomic mass is 32.1. The molecule has 24 heavy (non-hydrogen) atoms. The van der Waals surface area contributed by atoms with Gasteiger partial charge >= 0.3 is 12.0 Å². The molecule has 0 saturated carbocycles. The van der Waals surface area contributed by atoms with Crippen LogP contribution >= 0.6 is 11.3 Å². The number of carboxylic acids is 1. The Hall–Kier alpha value is -2.42. The number of nitrogens with one attached hydrogen (secondary N) is 2. The number of hydrogen-bond acceptors (Lipinski definition) is 5. The van der Waals surface area contributed by atoms with Crippen molar-refractivity contribution < 1.29 is 24.3 Å². The Morgan fingerprint density at radius 3 is 2.38 bits per heavy atom. The van der Waals surface area contributed by atoms with Crippen molar-refractivity contribution in [3.05, 3.63) is 21.9 Å². The molecule has 2 aliphatic rings. The lowest BCUT2D eigenvalue weighted by molar-refractivity contribution is -0.125. The van der Waals surface area contributed by atoms with E-state index in [9.17, 15) is 19.2 Å². The first-order chi connectivity index (χ1) is 11.3. The van der Waals surface area contributed by atoms with Crippen LogP contribution in [0.2, 0.25) is 0 Å². The molecular weight excluding hydrogens is 334 g/mol. The Bertz CT molecular complexity index is 722. The normalized spacial score (nSPS) is 24.6. The molecule has 2 aliphatic heterocycles. The van der Waals surface area contributed by atoms with E-state index >= 15 is 0 Å². The zero-order valence-corrected chi connectivity index (χ0v) is 13.8. The van der Waals surface area contributed by atoms with Crippen LogP contribution in [0, 0.1) is 5.92 Å². The molecule has 0 bridgehead atoms. The Labute approximate surface area is 141 Å². The monoisotopic (exact) mass is 351 g/mol. The molecule has 4 amide bonds. The summed E-state index contributed by atoms with van der Waals surface area (Å²) >= 11 is 0.957. The van der Waals surface area contributed by atoms with Crippen molar-refractivity contribution >= 4 is 35.2 Å². The van der Waals surface area contributed by atoms with Gasteiger partial charge in [-0.25, -0.2) is 9.59 Å². The molecule has 1 aromatic heterocycles. The summed E-state index contributed by atoms with van der Waals surface area (Å²) in [6.45, 7) is 2.62. The minimum absolute atomic E-state index is 0.0501. The van der Waals surface area contributed by atoms with Gasteiger partial charge in [0.05, 0.1) is 4.88 Å². The number of thiophene rings is 1. The van der Waals surface area contributed by atoms with Crippen LogP contribution in [-0.2, 0) is 4.79 Å². The van der Waals surface area contributed by atoms with Gasteiger partial charge in [-0.15, -0.1) is 11.3 Å². The molecule has 2 saturated heterocycles. The summed E-state index contributed by atoms with van der Waals surface area (Å²) in [6.07, 6.45) is 1.18. The molecular formula is C15H17N3O5S. The Morgan fingerprint density at radius 1 is 1.25 bits per heavy atom. The van der Waals surface area contributed by atoms with Crippen LogP contribution in [0.4, 0.5) is 4.79 Å². The van der Waals surface area contributed by atoms with Crippen LogP contribution in [-0.4, -0.2) is 52.4 Å². The van der Waals surface area contributed by atoms with Crippen LogP contribution in [0.25, 0.3) is 0 Å². The average molecular weight is 351 g/mol. The highest BCUT2D eigenvalue weighted by Gasteiger charge is 2.48. The molecule has 3 N–H and O–H groups in total. The number of piperidine rings is 1. The van der Waals surface area contributed by atoms with Gasteiger partial charge in [0, 0.05) is 13.1 Å². The van der Waals surface area contributed by atoms with Gasteiger partial charge in [0.25, 0.3) is 11.8 Å². The van der Waals surface area contributed by atoms with Crippen LogP contribution in [0.15, 0.2) is 12.1 Å². The molecule has 8 nitrogen and oxygen atoms in total. The number of hydrogen-bond donors (Lipinski definition) is 3. The zero-order chi connectivity index (χ0) is 17.5. The number of carboxylic acid groups (broad SMARTS) is 1. The summed E-state index contributed by atoms with van der Waals surface area (Å²) in [7, 11) is 0. The smallest absolute Gasteiger partial charge is 0.345 e. The number of carbonyl (C=O) groups excluding carboxylic acids is 3. The number of imide groups is 1. The predicted octanol–water partition coefficient (Wildman–Crippen LogP) is 0.897. The molecule has 1 atom stereocenters. The van der Waals surface area contributed by atoms with E-state index in [1.807, 2.05) is 0 Å². The van der Waals surface area contributed by atoms with Crippen molar-refractivity contribution in [3.63, 3.8) is 0 Å². The number of amides is 4. The van der Waals surface area contributed by atoms with E-state index in [4.69, 9.17) is 5.11 Å². The molecule has 0 unspecified atom stereocenters. The topological polar surface area (TPSA) is 116 Å². The fourth-order valence-corrected chi connectivity index (χ4v) is 4.04. The first-order valence-corrected chi connectivity index (χ1v) is 8.39. The third-order valence-corrected chi connectivity index (χ3v) is 5.76. The van der Waals surface area contributed by atoms with Gasteiger partial charge in [-0.1, -0.05) is 0 Å². The molecule has 0 radical (unpaired) electrons. The van der Waals surface area contributed by atoms with Crippen molar-refractivity contribution in [2.75, 3.05) is 13.1 Å². The molecule has 3 rings (SSSR count). The van der Waals surface area contributed by atoms with Crippen LogP contribution in [0.1, 0.15) is 39.1 Å². The molecule has 0 spiro atoms. The second-order valence-electron chi connectivity index (χ2n) is 6.15.